The quantitative estimate of drug-likeness (QED) is 0.732. The minimum absolute atomic E-state index is 0.226. The van der Waals surface area contributed by atoms with Gasteiger partial charge in [0.2, 0.25) is 0 Å². The Morgan fingerprint density at radius 3 is 2.94 bits per heavy atom. The molecule has 1 aromatic rings. The minimum Gasteiger partial charge on any atom is -0.298 e. The predicted octanol–water partition coefficient (Wildman–Crippen LogP) is 1.94. The van der Waals surface area contributed by atoms with Crippen LogP contribution >= 0.6 is 11.8 Å². The highest BCUT2D eigenvalue weighted by Gasteiger charge is 2.10. The molecule has 16 heavy (non-hydrogen) atoms. The molecule has 0 aliphatic heterocycles. The van der Waals surface area contributed by atoms with Gasteiger partial charge in [0.15, 0.2) is 0 Å². The summed E-state index contributed by atoms with van der Waals surface area (Å²) in [5.74, 6) is 1.58. The molecule has 0 unspecified atom stereocenters. The molecule has 0 radical (unpaired) electrons. The molecule has 0 aliphatic rings. The average Bonchev–Trinajstić information content (AvgIpc) is 2.63. The number of aryl methyl sites for hydroxylation is 1. The maximum absolute atomic E-state index is 11.7. The molecule has 0 atom stereocenters. The van der Waals surface area contributed by atoms with E-state index in [9.17, 15) is 4.79 Å². The van der Waals surface area contributed by atoms with Crippen molar-refractivity contribution >= 4 is 17.5 Å². The van der Waals surface area contributed by atoms with Crippen molar-refractivity contribution in [3.8, 4) is 0 Å². The smallest absolute Gasteiger partial charge is 0.150 e. The number of aromatic nitrogens is 3. The van der Waals surface area contributed by atoms with Crippen LogP contribution < -0.4 is 0 Å². The number of hydrogen-bond donors (Lipinski definition) is 0. The van der Waals surface area contributed by atoms with Gasteiger partial charge in [-0.15, -0.1) is 0 Å². The number of thioether (sulfide) groups is 1. The molecule has 0 aromatic carbocycles. The molecule has 1 rings (SSSR count). The van der Waals surface area contributed by atoms with Gasteiger partial charge in [0.05, 0.1) is 12.2 Å². The Bertz CT molecular complexity index is 336. The fraction of sp³-hybridized carbons (Fsp3) is 0.727. The number of hydrogen-bond acceptors (Lipinski definition) is 4. The van der Waals surface area contributed by atoms with E-state index in [-0.39, 0.29) is 5.78 Å². The molecule has 0 fully saturated rings. The topological polar surface area (TPSA) is 47.8 Å². The molecule has 1 heterocycles. The normalized spacial score (nSPS) is 11.0. The third kappa shape index (κ3) is 4.35. The number of ketones is 1. The standard InChI is InChI=1S/C11H19N3OS/c1-4-5-14-11(12-8-13-14)6-10(15)7-16-9(2)3/h8-9H,4-7H2,1-3H3. The van der Waals surface area contributed by atoms with Gasteiger partial charge in [-0.05, 0) is 11.7 Å². The van der Waals surface area contributed by atoms with E-state index in [0.29, 0.717) is 17.4 Å². The van der Waals surface area contributed by atoms with Crippen LogP contribution in [-0.2, 0) is 17.8 Å². The Kier molecular flexibility index (Phi) is 5.52. The minimum atomic E-state index is 0.226. The number of carbonyl (C=O) groups excluding carboxylic acids is 1. The van der Waals surface area contributed by atoms with Crippen molar-refractivity contribution in [2.45, 2.75) is 45.4 Å². The van der Waals surface area contributed by atoms with Crippen LogP contribution in [0.2, 0.25) is 0 Å². The molecule has 0 amide bonds. The summed E-state index contributed by atoms with van der Waals surface area (Å²) >= 11 is 1.67. The van der Waals surface area contributed by atoms with Crippen LogP contribution in [0.3, 0.4) is 0 Å². The second-order valence-corrected chi connectivity index (χ2v) is 5.54. The van der Waals surface area contributed by atoms with Crippen molar-refractivity contribution in [1.82, 2.24) is 14.8 Å². The van der Waals surface area contributed by atoms with Gasteiger partial charge >= 0.3 is 0 Å². The molecule has 0 aliphatic carbocycles. The fourth-order valence-corrected chi connectivity index (χ4v) is 1.93. The lowest BCUT2D eigenvalue weighted by molar-refractivity contribution is -0.116. The molecule has 0 N–H and O–H groups in total. The summed E-state index contributed by atoms with van der Waals surface area (Å²) in [5.41, 5.74) is 0. The Labute approximate surface area is 101 Å². The predicted molar refractivity (Wildman–Crippen MR) is 66.6 cm³/mol. The summed E-state index contributed by atoms with van der Waals surface area (Å²) in [7, 11) is 0. The van der Waals surface area contributed by atoms with Crippen LogP contribution in [0.1, 0.15) is 33.0 Å². The van der Waals surface area contributed by atoms with E-state index < -0.39 is 0 Å². The van der Waals surface area contributed by atoms with Crippen molar-refractivity contribution in [2.75, 3.05) is 5.75 Å². The lowest BCUT2D eigenvalue weighted by Crippen LogP contribution is -2.13. The number of Topliss-reactive ketones (excluding diaryl/α,β-unsaturated/α-hetero) is 1. The van der Waals surface area contributed by atoms with Crippen LogP contribution in [0.4, 0.5) is 0 Å². The zero-order chi connectivity index (χ0) is 12.0. The summed E-state index contributed by atoms with van der Waals surface area (Å²) in [4.78, 5) is 15.8. The van der Waals surface area contributed by atoms with Crippen LogP contribution in [0.5, 0.6) is 0 Å². The lowest BCUT2D eigenvalue weighted by Gasteiger charge is -2.05. The SMILES string of the molecule is CCCn1ncnc1CC(=O)CSC(C)C. The average molecular weight is 241 g/mol. The highest BCUT2D eigenvalue weighted by Crippen LogP contribution is 2.10. The molecule has 90 valence electrons. The number of nitrogens with zero attached hydrogens (tertiary/aromatic N) is 3. The van der Waals surface area contributed by atoms with Gasteiger partial charge in [-0.1, -0.05) is 20.8 Å². The van der Waals surface area contributed by atoms with Gasteiger partial charge < -0.3 is 0 Å². The fourth-order valence-electron chi connectivity index (χ4n) is 1.31. The Balaban J connectivity index is 2.46. The second-order valence-electron chi connectivity index (χ2n) is 3.97. The molecular formula is C11H19N3OS. The summed E-state index contributed by atoms with van der Waals surface area (Å²) in [6.07, 6.45) is 2.93. The highest BCUT2D eigenvalue weighted by molar-refractivity contribution is 8.00. The van der Waals surface area contributed by atoms with Crippen LogP contribution in [0.15, 0.2) is 6.33 Å². The molecule has 0 bridgehead atoms. The number of rotatable bonds is 7. The summed E-state index contributed by atoms with van der Waals surface area (Å²) < 4.78 is 1.82. The first kappa shape index (κ1) is 13.2. The van der Waals surface area contributed by atoms with Crippen LogP contribution in [0.25, 0.3) is 0 Å². The van der Waals surface area contributed by atoms with Crippen molar-refractivity contribution in [2.24, 2.45) is 0 Å². The monoisotopic (exact) mass is 241 g/mol. The molecule has 0 saturated heterocycles. The van der Waals surface area contributed by atoms with E-state index in [0.717, 1.165) is 18.8 Å². The van der Waals surface area contributed by atoms with Crippen LogP contribution in [0, 0.1) is 0 Å². The van der Waals surface area contributed by atoms with E-state index in [2.05, 4.69) is 30.9 Å². The first-order valence-corrected chi connectivity index (χ1v) is 6.68. The maximum Gasteiger partial charge on any atom is 0.150 e. The van der Waals surface area contributed by atoms with E-state index >= 15 is 0 Å². The van der Waals surface area contributed by atoms with Crippen LogP contribution in [-0.4, -0.2) is 31.6 Å². The molecule has 1 aromatic heterocycles. The van der Waals surface area contributed by atoms with Crippen molar-refractivity contribution in [3.05, 3.63) is 12.2 Å². The summed E-state index contributed by atoms with van der Waals surface area (Å²) in [6, 6.07) is 0. The molecule has 0 saturated carbocycles. The molecular weight excluding hydrogens is 222 g/mol. The van der Waals surface area contributed by atoms with Gasteiger partial charge in [-0.3, -0.25) is 4.79 Å². The van der Waals surface area contributed by atoms with Gasteiger partial charge in [-0.2, -0.15) is 16.9 Å². The molecule has 4 nitrogen and oxygen atoms in total. The molecule has 0 spiro atoms. The Hall–Kier alpha value is -0.840. The first-order valence-electron chi connectivity index (χ1n) is 5.63. The Morgan fingerprint density at radius 2 is 2.31 bits per heavy atom. The van der Waals surface area contributed by atoms with Gasteiger partial charge in [0.25, 0.3) is 0 Å². The van der Waals surface area contributed by atoms with E-state index in [4.69, 9.17) is 0 Å². The summed E-state index contributed by atoms with van der Waals surface area (Å²) in [6.45, 7) is 7.11. The van der Waals surface area contributed by atoms with Gasteiger partial charge in [-0.25, -0.2) is 9.67 Å². The van der Waals surface area contributed by atoms with Gasteiger partial charge in [0.1, 0.15) is 17.9 Å². The Morgan fingerprint density at radius 1 is 1.56 bits per heavy atom. The maximum atomic E-state index is 11.7. The van der Waals surface area contributed by atoms with Gasteiger partial charge in [0, 0.05) is 6.54 Å². The number of carbonyl (C=O) groups is 1. The molecule has 5 heteroatoms. The zero-order valence-electron chi connectivity index (χ0n) is 10.1. The first-order chi connectivity index (χ1) is 7.63. The van der Waals surface area contributed by atoms with E-state index in [1.807, 2.05) is 4.68 Å². The zero-order valence-corrected chi connectivity index (χ0v) is 11.0. The largest absolute Gasteiger partial charge is 0.298 e. The summed E-state index contributed by atoms with van der Waals surface area (Å²) in [5, 5.41) is 4.60. The lowest BCUT2D eigenvalue weighted by atomic mass is 10.3. The van der Waals surface area contributed by atoms with E-state index in [1.54, 1.807) is 11.8 Å². The van der Waals surface area contributed by atoms with Crippen molar-refractivity contribution < 1.29 is 4.79 Å². The van der Waals surface area contributed by atoms with Crippen molar-refractivity contribution in [3.63, 3.8) is 0 Å². The van der Waals surface area contributed by atoms with E-state index in [1.165, 1.54) is 6.33 Å². The third-order valence-electron chi connectivity index (χ3n) is 2.06. The second kappa shape index (κ2) is 6.68. The highest BCUT2D eigenvalue weighted by atomic mass is 32.2. The van der Waals surface area contributed by atoms with Crippen molar-refractivity contribution in [1.29, 1.82) is 0 Å². The third-order valence-corrected chi connectivity index (χ3v) is 3.22.